The molecule has 5 nitrogen and oxygen atoms in total. The number of amides is 2. The summed E-state index contributed by atoms with van der Waals surface area (Å²) in [6.07, 6.45) is 0. The van der Waals surface area contributed by atoms with E-state index in [1.165, 1.54) is 11.8 Å². The van der Waals surface area contributed by atoms with E-state index in [0.717, 1.165) is 36.5 Å². The zero-order valence-corrected chi connectivity index (χ0v) is 16.4. The third-order valence-electron chi connectivity index (χ3n) is 4.10. The minimum Gasteiger partial charge on any atom is -0.336 e. The van der Waals surface area contributed by atoms with Crippen molar-refractivity contribution in [3.8, 4) is 0 Å². The molecule has 1 aliphatic rings. The maximum atomic E-state index is 12.7. The molecule has 2 aromatic rings. The van der Waals surface area contributed by atoms with Crippen LogP contribution in [0, 0.1) is 0 Å². The minimum absolute atomic E-state index is 0.0192. The zero-order chi connectivity index (χ0) is 17.8. The van der Waals surface area contributed by atoms with Gasteiger partial charge in [-0.05, 0) is 46.3 Å². The number of hydrogen-bond donors (Lipinski definition) is 1. The van der Waals surface area contributed by atoms with Gasteiger partial charge in [0.1, 0.15) is 0 Å². The topological polar surface area (TPSA) is 52.7 Å². The number of carbonyl (C=O) groups excluding carboxylic acids is 2. The molecule has 0 bridgehead atoms. The number of rotatable bonds is 4. The van der Waals surface area contributed by atoms with Gasteiger partial charge in [-0.15, -0.1) is 11.3 Å². The SMILES string of the molecule is CC(=O)Nc1cccc(C(=O)N2CCN(Cc3ccc(Br)s3)CC2)c1. The zero-order valence-electron chi connectivity index (χ0n) is 14.0. The molecule has 0 spiro atoms. The molecule has 1 aliphatic heterocycles. The fraction of sp³-hybridized carbons (Fsp3) is 0.333. The Labute approximate surface area is 159 Å². The fourth-order valence-electron chi connectivity index (χ4n) is 2.88. The normalized spacial score (nSPS) is 15.2. The summed E-state index contributed by atoms with van der Waals surface area (Å²) >= 11 is 5.24. The highest BCUT2D eigenvalue weighted by molar-refractivity contribution is 9.11. The Balaban J connectivity index is 1.57. The Morgan fingerprint density at radius 1 is 1.16 bits per heavy atom. The molecule has 25 heavy (non-hydrogen) atoms. The first kappa shape index (κ1) is 18.1. The van der Waals surface area contributed by atoms with E-state index in [9.17, 15) is 9.59 Å². The van der Waals surface area contributed by atoms with Gasteiger partial charge in [0, 0.05) is 55.8 Å². The van der Waals surface area contributed by atoms with E-state index in [4.69, 9.17) is 0 Å². The van der Waals surface area contributed by atoms with Gasteiger partial charge >= 0.3 is 0 Å². The third kappa shape index (κ3) is 4.90. The number of nitrogens with one attached hydrogen (secondary N) is 1. The first-order chi connectivity index (χ1) is 12.0. The van der Waals surface area contributed by atoms with Crippen LogP contribution in [0.15, 0.2) is 40.2 Å². The summed E-state index contributed by atoms with van der Waals surface area (Å²) in [6, 6.07) is 11.3. The smallest absolute Gasteiger partial charge is 0.254 e. The molecule has 1 aromatic heterocycles. The molecule has 3 rings (SSSR count). The van der Waals surface area contributed by atoms with Crippen LogP contribution in [0.2, 0.25) is 0 Å². The second-order valence-electron chi connectivity index (χ2n) is 6.04. The molecule has 2 heterocycles. The van der Waals surface area contributed by atoms with Crippen molar-refractivity contribution in [1.82, 2.24) is 9.80 Å². The van der Waals surface area contributed by atoms with Crippen LogP contribution in [0.1, 0.15) is 22.2 Å². The van der Waals surface area contributed by atoms with Crippen LogP contribution in [0.3, 0.4) is 0 Å². The van der Waals surface area contributed by atoms with Crippen LogP contribution in [0.5, 0.6) is 0 Å². The Kier molecular flexibility index (Phi) is 5.88. The largest absolute Gasteiger partial charge is 0.336 e. The molecule has 7 heteroatoms. The van der Waals surface area contributed by atoms with E-state index in [0.29, 0.717) is 11.3 Å². The summed E-state index contributed by atoms with van der Waals surface area (Å²) < 4.78 is 1.15. The lowest BCUT2D eigenvalue weighted by Gasteiger charge is -2.34. The monoisotopic (exact) mass is 421 g/mol. The average molecular weight is 422 g/mol. The van der Waals surface area contributed by atoms with Gasteiger partial charge in [-0.25, -0.2) is 0 Å². The summed E-state index contributed by atoms with van der Waals surface area (Å²) in [4.78, 5) is 29.4. The second kappa shape index (κ2) is 8.12. The van der Waals surface area contributed by atoms with Crippen molar-refractivity contribution < 1.29 is 9.59 Å². The molecule has 1 N–H and O–H groups in total. The lowest BCUT2D eigenvalue weighted by atomic mass is 10.1. The highest BCUT2D eigenvalue weighted by Crippen LogP contribution is 2.24. The number of benzene rings is 1. The van der Waals surface area contributed by atoms with Crippen LogP contribution in [0.4, 0.5) is 5.69 Å². The number of nitrogens with zero attached hydrogens (tertiary/aromatic N) is 2. The summed E-state index contributed by atoms with van der Waals surface area (Å²) in [7, 11) is 0. The van der Waals surface area contributed by atoms with E-state index in [1.54, 1.807) is 35.6 Å². The van der Waals surface area contributed by atoms with Crippen molar-refractivity contribution in [2.45, 2.75) is 13.5 Å². The van der Waals surface area contributed by atoms with Crippen molar-refractivity contribution >= 4 is 44.8 Å². The van der Waals surface area contributed by atoms with Gasteiger partial charge in [0.05, 0.1) is 3.79 Å². The molecular formula is C18H20BrN3O2S. The Hall–Kier alpha value is -1.70. The lowest BCUT2D eigenvalue weighted by molar-refractivity contribution is -0.114. The van der Waals surface area contributed by atoms with Crippen LogP contribution >= 0.6 is 27.3 Å². The predicted octanol–water partition coefficient (Wildman–Crippen LogP) is 3.43. The second-order valence-corrected chi connectivity index (χ2v) is 8.58. The van der Waals surface area contributed by atoms with E-state index < -0.39 is 0 Å². The van der Waals surface area contributed by atoms with Crippen LogP contribution in [-0.4, -0.2) is 47.8 Å². The molecule has 0 saturated carbocycles. The van der Waals surface area contributed by atoms with Crippen molar-refractivity contribution in [2.75, 3.05) is 31.5 Å². The molecule has 0 radical (unpaired) electrons. The van der Waals surface area contributed by atoms with Crippen molar-refractivity contribution in [3.63, 3.8) is 0 Å². The quantitative estimate of drug-likeness (QED) is 0.822. The molecule has 0 unspecified atom stereocenters. The van der Waals surface area contributed by atoms with E-state index in [2.05, 4.69) is 38.3 Å². The summed E-state index contributed by atoms with van der Waals surface area (Å²) in [5.74, 6) is -0.121. The number of halogens is 1. The number of hydrogen-bond acceptors (Lipinski definition) is 4. The molecule has 1 fully saturated rings. The summed E-state index contributed by atoms with van der Waals surface area (Å²) in [6.45, 7) is 5.56. The minimum atomic E-state index is -0.140. The molecule has 0 atom stereocenters. The molecule has 1 saturated heterocycles. The van der Waals surface area contributed by atoms with Crippen LogP contribution in [0.25, 0.3) is 0 Å². The predicted molar refractivity (Wildman–Crippen MR) is 104 cm³/mol. The summed E-state index contributed by atoms with van der Waals surface area (Å²) in [5.41, 5.74) is 1.27. The molecule has 2 amide bonds. The van der Waals surface area contributed by atoms with Gasteiger partial charge in [-0.1, -0.05) is 6.07 Å². The Morgan fingerprint density at radius 3 is 2.56 bits per heavy atom. The third-order valence-corrected chi connectivity index (χ3v) is 5.71. The average Bonchev–Trinajstić information content (AvgIpc) is 2.99. The highest BCUT2D eigenvalue weighted by Gasteiger charge is 2.22. The standard InChI is InChI=1S/C18H20BrN3O2S/c1-13(23)20-15-4-2-3-14(11-15)18(24)22-9-7-21(8-10-22)12-16-5-6-17(19)25-16/h2-6,11H,7-10,12H2,1H3,(H,20,23). The van der Waals surface area contributed by atoms with Crippen molar-refractivity contribution in [2.24, 2.45) is 0 Å². The number of piperazine rings is 1. The first-order valence-corrected chi connectivity index (χ1v) is 9.76. The van der Waals surface area contributed by atoms with Crippen LogP contribution in [-0.2, 0) is 11.3 Å². The van der Waals surface area contributed by atoms with E-state index in [1.807, 2.05) is 4.90 Å². The summed E-state index contributed by atoms with van der Waals surface area (Å²) in [5, 5.41) is 2.72. The van der Waals surface area contributed by atoms with Gasteiger partial charge in [0.15, 0.2) is 0 Å². The van der Waals surface area contributed by atoms with Gasteiger partial charge in [-0.3, -0.25) is 14.5 Å². The molecule has 0 aliphatic carbocycles. The highest BCUT2D eigenvalue weighted by atomic mass is 79.9. The van der Waals surface area contributed by atoms with Gasteiger partial charge in [-0.2, -0.15) is 0 Å². The molecule has 132 valence electrons. The number of carbonyl (C=O) groups is 2. The van der Waals surface area contributed by atoms with Crippen molar-refractivity contribution in [3.05, 3.63) is 50.6 Å². The molecular weight excluding hydrogens is 402 g/mol. The van der Waals surface area contributed by atoms with E-state index in [-0.39, 0.29) is 11.8 Å². The van der Waals surface area contributed by atoms with Gasteiger partial charge < -0.3 is 10.2 Å². The van der Waals surface area contributed by atoms with E-state index >= 15 is 0 Å². The fourth-order valence-corrected chi connectivity index (χ4v) is 4.41. The molecule has 1 aromatic carbocycles. The maximum absolute atomic E-state index is 12.7. The lowest BCUT2D eigenvalue weighted by Crippen LogP contribution is -2.48. The van der Waals surface area contributed by atoms with Gasteiger partial charge in [0.25, 0.3) is 5.91 Å². The van der Waals surface area contributed by atoms with Crippen LogP contribution < -0.4 is 5.32 Å². The Bertz CT molecular complexity index is 769. The Morgan fingerprint density at radius 2 is 1.92 bits per heavy atom. The van der Waals surface area contributed by atoms with Gasteiger partial charge in [0.2, 0.25) is 5.91 Å². The maximum Gasteiger partial charge on any atom is 0.254 e. The van der Waals surface area contributed by atoms with Crippen molar-refractivity contribution in [1.29, 1.82) is 0 Å². The number of anilines is 1. The number of thiophene rings is 1. The first-order valence-electron chi connectivity index (χ1n) is 8.15.